The van der Waals surface area contributed by atoms with Crippen molar-refractivity contribution in [3.63, 3.8) is 0 Å². The molecule has 1 N–H and O–H groups in total. The van der Waals surface area contributed by atoms with Gasteiger partial charge in [-0.15, -0.1) is 0 Å². The van der Waals surface area contributed by atoms with Gasteiger partial charge in [0.2, 0.25) is 10.0 Å². The molecule has 3 rings (SSSR count). The van der Waals surface area contributed by atoms with Gasteiger partial charge in [-0.25, -0.2) is 17.5 Å². The normalized spacial score (nSPS) is 11.7. The molecule has 0 saturated carbocycles. The Hall–Kier alpha value is -3.04. The van der Waals surface area contributed by atoms with Gasteiger partial charge in [-0.05, 0) is 51.1 Å². The van der Waals surface area contributed by atoms with Crippen LogP contribution in [0.15, 0.2) is 47.4 Å². The third-order valence-electron chi connectivity index (χ3n) is 5.33. The van der Waals surface area contributed by atoms with Gasteiger partial charge in [-0.2, -0.15) is 9.40 Å². The minimum absolute atomic E-state index is 0.0408. The molecule has 170 valence electrons. The van der Waals surface area contributed by atoms with Crippen molar-refractivity contribution < 1.29 is 17.6 Å². The average Bonchev–Trinajstić information content (AvgIpc) is 3.03. The van der Waals surface area contributed by atoms with Gasteiger partial charge in [0.1, 0.15) is 10.7 Å². The summed E-state index contributed by atoms with van der Waals surface area (Å²) in [5.41, 5.74) is 3.86. The number of sulfonamides is 1. The lowest BCUT2D eigenvalue weighted by atomic mass is 10.2. The first-order chi connectivity index (χ1) is 15.1. The van der Waals surface area contributed by atoms with Crippen LogP contribution in [0, 0.1) is 26.6 Å². The average molecular weight is 459 g/mol. The molecule has 1 aromatic heterocycles. The van der Waals surface area contributed by atoms with Crippen molar-refractivity contribution in [1.29, 1.82) is 0 Å². The number of anilines is 1. The Bertz CT molecular complexity index is 1250. The monoisotopic (exact) mass is 458 g/mol. The Labute approximate surface area is 187 Å². The number of carbonyl (C=O) groups excluding carboxylic acids is 1. The summed E-state index contributed by atoms with van der Waals surface area (Å²) in [5, 5.41) is 7.31. The van der Waals surface area contributed by atoms with E-state index in [9.17, 15) is 17.6 Å². The van der Waals surface area contributed by atoms with E-state index in [1.807, 2.05) is 38.1 Å². The molecule has 0 atom stereocenters. The highest BCUT2D eigenvalue weighted by molar-refractivity contribution is 7.89. The number of amides is 1. The van der Waals surface area contributed by atoms with E-state index in [2.05, 4.69) is 10.4 Å². The molecule has 0 aliphatic carbocycles. The fourth-order valence-electron chi connectivity index (χ4n) is 3.49. The minimum atomic E-state index is -4.05. The second kappa shape index (κ2) is 9.22. The van der Waals surface area contributed by atoms with Crippen LogP contribution in [0.5, 0.6) is 0 Å². The number of hydrogen-bond donors (Lipinski definition) is 1. The Kier molecular flexibility index (Phi) is 6.80. The predicted molar refractivity (Wildman–Crippen MR) is 122 cm³/mol. The van der Waals surface area contributed by atoms with Crippen molar-refractivity contribution in [2.45, 2.75) is 39.5 Å². The largest absolute Gasteiger partial charge is 0.319 e. The molecule has 3 aromatic rings. The van der Waals surface area contributed by atoms with Crippen molar-refractivity contribution in [3.05, 3.63) is 70.8 Å². The number of carbonyl (C=O) groups is 1. The van der Waals surface area contributed by atoms with E-state index in [1.165, 1.54) is 6.07 Å². The lowest BCUT2D eigenvalue weighted by Gasteiger charge is -2.19. The molecule has 0 radical (unpaired) electrons. The molecule has 1 heterocycles. The Morgan fingerprint density at radius 2 is 1.69 bits per heavy atom. The van der Waals surface area contributed by atoms with Crippen LogP contribution in [0.1, 0.15) is 41.2 Å². The number of aryl methyl sites for hydroxylation is 2. The summed E-state index contributed by atoms with van der Waals surface area (Å²) < 4.78 is 42.8. The van der Waals surface area contributed by atoms with Crippen LogP contribution in [0.2, 0.25) is 0 Å². The zero-order chi connectivity index (χ0) is 23.6. The summed E-state index contributed by atoms with van der Waals surface area (Å²) in [6.07, 6.45) is 0. The third-order valence-corrected chi connectivity index (χ3v) is 7.39. The van der Waals surface area contributed by atoms with E-state index < -0.39 is 26.6 Å². The van der Waals surface area contributed by atoms with Crippen molar-refractivity contribution in [1.82, 2.24) is 14.1 Å². The lowest BCUT2D eigenvalue weighted by molar-refractivity contribution is 0.102. The molecule has 32 heavy (non-hydrogen) atoms. The van der Waals surface area contributed by atoms with Gasteiger partial charge < -0.3 is 5.32 Å². The van der Waals surface area contributed by atoms with Gasteiger partial charge >= 0.3 is 0 Å². The van der Waals surface area contributed by atoms with Crippen LogP contribution >= 0.6 is 0 Å². The first kappa shape index (κ1) is 23.6. The van der Waals surface area contributed by atoms with E-state index >= 15 is 0 Å². The second-order valence-corrected chi connectivity index (χ2v) is 9.39. The van der Waals surface area contributed by atoms with Crippen molar-refractivity contribution in [2.75, 3.05) is 18.4 Å². The zero-order valence-electron chi connectivity index (χ0n) is 18.8. The summed E-state index contributed by atoms with van der Waals surface area (Å²) in [5.74, 6) is -1.44. The molecule has 7 nitrogen and oxygen atoms in total. The molecular formula is C23H27FN4O3S. The second-order valence-electron chi connectivity index (χ2n) is 7.48. The third kappa shape index (κ3) is 4.44. The standard InChI is InChI=1S/C23H27FN4O3S/c1-6-27(7-2)32(30,31)21-14-18(10-13-20(21)24)23(29)25-22-16(4)26-28(17(22)5)19-11-8-15(3)9-12-19/h8-14H,6-7H2,1-5H3,(H,25,29). The first-order valence-corrected chi connectivity index (χ1v) is 11.8. The van der Waals surface area contributed by atoms with E-state index in [1.54, 1.807) is 25.5 Å². The van der Waals surface area contributed by atoms with Gasteiger partial charge in [0.25, 0.3) is 5.91 Å². The van der Waals surface area contributed by atoms with Gasteiger partial charge in [-0.1, -0.05) is 31.5 Å². The summed E-state index contributed by atoms with van der Waals surface area (Å²) in [6, 6.07) is 11.2. The van der Waals surface area contributed by atoms with E-state index in [0.717, 1.165) is 33.4 Å². The van der Waals surface area contributed by atoms with E-state index in [0.29, 0.717) is 11.4 Å². The summed E-state index contributed by atoms with van der Waals surface area (Å²) in [6.45, 7) is 9.34. The van der Waals surface area contributed by atoms with Gasteiger partial charge in [0.15, 0.2) is 0 Å². The fourth-order valence-corrected chi connectivity index (χ4v) is 5.04. The number of nitrogens with one attached hydrogen (secondary N) is 1. The van der Waals surface area contributed by atoms with Crippen molar-refractivity contribution >= 4 is 21.6 Å². The van der Waals surface area contributed by atoms with Gasteiger partial charge in [-0.3, -0.25) is 4.79 Å². The van der Waals surface area contributed by atoms with Gasteiger partial charge in [0.05, 0.1) is 22.8 Å². The minimum Gasteiger partial charge on any atom is -0.319 e. The van der Waals surface area contributed by atoms with Gasteiger partial charge in [0, 0.05) is 18.7 Å². The number of benzene rings is 2. The van der Waals surface area contributed by atoms with Crippen molar-refractivity contribution in [3.8, 4) is 5.69 Å². The maximum absolute atomic E-state index is 14.4. The van der Waals surface area contributed by atoms with Crippen molar-refractivity contribution in [2.24, 2.45) is 0 Å². The molecule has 0 fully saturated rings. The van der Waals surface area contributed by atoms with Crippen LogP contribution < -0.4 is 5.32 Å². The highest BCUT2D eigenvalue weighted by Gasteiger charge is 2.27. The van der Waals surface area contributed by atoms with Crippen LogP contribution in [-0.2, 0) is 10.0 Å². The highest BCUT2D eigenvalue weighted by Crippen LogP contribution is 2.25. The van der Waals surface area contributed by atoms with Crippen LogP contribution in [-0.4, -0.2) is 41.5 Å². The van der Waals surface area contributed by atoms with E-state index in [-0.39, 0.29) is 18.7 Å². The lowest BCUT2D eigenvalue weighted by Crippen LogP contribution is -2.31. The topological polar surface area (TPSA) is 84.3 Å². The predicted octanol–water partition coefficient (Wildman–Crippen LogP) is 4.22. The Balaban J connectivity index is 1.94. The number of nitrogens with zero attached hydrogens (tertiary/aromatic N) is 3. The molecule has 0 unspecified atom stereocenters. The molecule has 0 aliphatic rings. The van der Waals surface area contributed by atoms with Crippen LogP contribution in [0.25, 0.3) is 5.69 Å². The quantitative estimate of drug-likeness (QED) is 0.575. The highest BCUT2D eigenvalue weighted by atomic mass is 32.2. The maximum atomic E-state index is 14.4. The van der Waals surface area contributed by atoms with Crippen LogP contribution in [0.3, 0.4) is 0 Å². The summed E-state index contributed by atoms with van der Waals surface area (Å²) in [7, 11) is -4.05. The summed E-state index contributed by atoms with van der Waals surface area (Å²) >= 11 is 0. The SMILES string of the molecule is CCN(CC)S(=O)(=O)c1cc(C(=O)Nc2c(C)nn(-c3ccc(C)cc3)c2C)ccc1F. The molecule has 0 saturated heterocycles. The molecule has 2 aromatic carbocycles. The summed E-state index contributed by atoms with van der Waals surface area (Å²) in [4.78, 5) is 12.4. The Morgan fingerprint density at radius 1 is 1.06 bits per heavy atom. The van der Waals surface area contributed by atoms with Crippen LogP contribution in [0.4, 0.5) is 10.1 Å². The number of hydrogen-bond acceptors (Lipinski definition) is 4. The number of halogens is 1. The Morgan fingerprint density at radius 3 is 2.28 bits per heavy atom. The molecule has 0 bridgehead atoms. The molecule has 0 aliphatic heterocycles. The molecule has 1 amide bonds. The molecule has 0 spiro atoms. The number of rotatable bonds is 7. The zero-order valence-corrected chi connectivity index (χ0v) is 19.6. The molecule has 9 heteroatoms. The smallest absolute Gasteiger partial charge is 0.255 e. The first-order valence-electron chi connectivity index (χ1n) is 10.3. The maximum Gasteiger partial charge on any atom is 0.255 e. The van der Waals surface area contributed by atoms with E-state index in [4.69, 9.17) is 0 Å². The number of aromatic nitrogens is 2. The fraction of sp³-hybridized carbons (Fsp3) is 0.304. The molecular weight excluding hydrogens is 431 g/mol.